The van der Waals surface area contributed by atoms with Crippen LogP contribution in [-0.2, 0) is 18.4 Å². The standard InChI is InChI=1S/C48H91N2O6P/c1-6-8-10-12-14-16-18-20-22-24-26-27-29-31-33-35-37-39-41-47(51)46(45-56-57(53,54)55-44-43-50(3,4)5)49-48(52)42-40-38-36-34-32-30-28-25-23-21-19-17-15-13-11-9-7-2/h21,23-24,26,31,33,39,41,46-47,51H,6-20,22,25,27-30,32,34-38,40,42-45H2,1-5H3,(H-,49,52,53,54)/p+1/b23-21-,26-24+,33-31+,41-39+. The number of allylic oxidation sites excluding steroid dienone is 7. The maximum Gasteiger partial charge on any atom is 0.472 e. The Kier molecular flexibility index (Phi) is 38.8. The van der Waals surface area contributed by atoms with Gasteiger partial charge in [-0.1, -0.05) is 172 Å². The molecule has 0 aromatic heterocycles. The molecule has 0 spiro atoms. The van der Waals surface area contributed by atoms with Crippen LogP contribution in [0.1, 0.15) is 200 Å². The Hall–Kier alpha value is -1.54. The van der Waals surface area contributed by atoms with Crippen molar-refractivity contribution in [2.75, 3.05) is 40.9 Å². The van der Waals surface area contributed by atoms with Crippen LogP contribution in [0.15, 0.2) is 48.6 Å². The molecule has 0 rings (SSSR count). The fraction of sp³-hybridized carbons (Fsp3) is 0.812. The zero-order valence-electron chi connectivity index (χ0n) is 37.8. The lowest BCUT2D eigenvalue weighted by atomic mass is 10.1. The van der Waals surface area contributed by atoms with Crippen molar-refractivity contribution in [3.8, 4) is 0 Å². The fourth-order valence-corrected chi connectivity index (χ4v) is 7.21. The second kappa shape index (κ2) is 39.9. The summed E-state index contributed by atoms with van der Waals surface area (Å²) in [4.78, 5) is 23.1. The van der Waals surface area contributed by atoms with Gasteiger partial charge in [0.25, 0.3) is 0 Å². The summed E-state index contributed by atoms with van der Waals surface area (Å²) in [5.41, 5.74) is 0. The van der Waals surface area contributed by atoms with Crippen molar-refractivity contribution in [3.05, 3.63) is 48.6 Å². The summed E-state index contributed by atoms with van der Waals surface area (Å²) in [7, 11) is 1.54. The average molecular weight is 824 g/mol. The average Bonchev–Trinajstić information content (AvgIpc) is 3.16. The summed E-state index contributed by atoms with van der Waals surface area (Å²) in [6.45, 7) is 4.77. The first kappa shape index (κ1) is 55.5. The molecule has 334 valence electrons. The summed E-state index contributed by atoms with van der Waals surface area (Å²) >= 11 is 0. The Morgan fingerprint density at radius 2 is 0.965 bits per heavy atom. The molecule has 8 nitrogen and oxygen atoms in total. The van der Waals surface area contributed by atoms with Gasteiger partial charge in [0.2, 0.25) is 5.91 Å². The first-order valence-corrected chi connectivity index (χ1v) is 25.0. The minimum absolute atomic E-state index is 0.0518. The quantitative estimate of drug-likeness (QED) is 0.0245. The monoisotopic (exact) mass is 824 g/mol. The van der Waals surface area contributed by atoms with Crippen LogP contribution in [0.5, 0.6) is 0 Å². The summed E-state index contributed by atoms with van der Waals surface area (Å²) in [6, 6.07) is -0.871. The van der Waals surface area contributed by atoms with Gasteiger partial charge in [0, 0.05) is 6.42 Å². The number of carbonyl (C=O) groups excluding carboxylic acids is 1. The van der Waals surface area contributed by atoms with E-state index in [0.29, 0.717) is 17.4 Å². The number of phosphoric ester groups is 1. The summed E-state index contributed by atoms with van der Waals surface area (Å²) in [5, 5.41) is 13.8. The molecule has 1 amide bonds. The number of carbonyl (C=O) groups is 1. The second-order valence-corrected chi connectivity index (χ2v) is 18.6. The Balaban J connectivity index is 4.48. The minimum atomic E-state index is -4.35. The zero-order chi connectivity index (χ0) is 42.1. The molecule has 0 fully saturated rings. The Morgan fingerprint density at radius 3 is 1.40 bits per heavy atom. The third-order valence-corrected chi connectivity index (χ3v) is 11.2. The molecule has 0 saturated heterocycles. The van der Waals surface area contributed by atoms with Gasteiger partial charge in [-0.15, -0.1) is 0 Å². The van der Waals surface area contributed by atoms with E-state index in [-0.39, 0.29) is 19.1 Å². The van der Waals surface area contributed by atoms with Crippen molar-refractivity contribution in [2.24, 2.45) is 0 Å². The largest absolute Gasteiger partial charge is 0.472 e. The van der Waals surface area contributed by atoms with Crippen LogP contribution >= 0.6 is 7.82 Å². The first-order valence-electron chi connectivity index (χ1n) is 23.5. The molecule has 3 unspecified atom stereocenters. The number of aliphatic hydroxyl groups excluding tert-OH is 1. The van der Waals surface area contributed by atoms with E-state index in [2.05, 4.69) is 55.6 Å². The van der Waals surface area contributed by atoms with Crippen molar-refractivity contribution >= 4 is 13.7 Å². The number of rotatable bonds is 42. The highest BCUT2D eigenvalue weighted by Gasteiger charge is 2.27. The van der Waals surface area contributed by atoms with Crippen LogP contribution < -0.4 is 5.32 Å². The molecule has 0 aromatic carbocycles. The lowest BCUT2D eigenvalue weighted by Crippen LogP contribution is -2.45. The Bertz CT molecular complexity index is 1070. The topological polar surface area (TPSA) is 105 Å². The van der Waals surface area contributed by atoms with Crippen molar-refractivity contribution in [1.82, 2.24) is 5.32 Å². The molecule has 0 heterocycles. The Labute approximate surface area is 352 Å². The van der Waals surface area contributed by atoms with Crippen molar-refractivity contribution in [3.63, 3.8) is 0 Å². The molecular weight excluding hydrogens is 732 g/mol. The highest BCUT2D eigenvalue weighted by atomic mass is 31.2. The second-order valence-electron chi connectivity index (χ2n) is 17.1. The number of hydrogen-bond acceptors (Lipinski definition) is 5. The molecular formula is C48H92N2O6P+. The van der Waals surface area contributed by atoms with Crippen LogP contribution in [0.2, 0.25) is 0 Å². The molecule has 0 aliphatic carbocycles. The number of amides is 1. The smallest absolute Gasteiger partial charge is 0.387 e. The van der Waals surface area contributed by atoms with Crippen LogP contribution in [0.3, 0.4) is 0 Å². The molecule has 0 aliphatic heterocycles. The number of phosphoric acid groups is 1. The van der Waals surface area contributed by atoms with Gasteiger partial charge < -0.3 is 19.8 Å². The number of unbranched alkanes of at least 4 members (excludes halogenated alkanes) is 23. The molecule has 9 heteroatoms. The van der Waals surface area contributed by atoms with E-state index in [1.165, 1.54) is 135 Å². The summed E-state index contributed by atoms with van der Waals surface area (Å²) < 4.78 is 23.6. The van der Waals surface area contributed by atoms with Gasteiger partial charge >= 0.3 is 7.82 Å². The highest BCUT2D eigenvalue weighted by Crippen LogP contribution is 2.43. The molecule has 3 N–H and O–H groups in total. The summed E-state index contributed by atoms with van der Waals surface area (Å²) in [5.74, 6) is -0.197. The number of nitrogens with zero attached hydrogens (tertiary/aromatic N) is 1. The van der Waals surface area contributed by atoms with Crippen LogP contribution in [0.25, 0.3) is 0 Å². The molecule has 0 bridgehead atoms. The maximum atomic E-state index is 12.9. The van der Waals surface area contributed by atoms with E-state index < -0.39 is 20.0 Å². The van der Waals surface area contributed by atoms with Gasteiger partial charge in [-0.25, -0.2) is 4.57 Å². The summed E-state index contributed by atoms with van der Waals surface area (Å²) in [6.07, 6.45) is 50.4. The van der Waals surface area contributed by atoms with E-state index in [9.17, 15) is 19.4 Å². The zero-order valence-corrected chi connectivity index (χ0v) is 38.7. The van der Waals surface area contributed by atoms with Crippen LogP contribution in [0, 0.1) is 0 Å². The van der Waals surface area contributed by atoms with E-state index in [1.54, 1.807) is 6.08 Å². The van der Waals surface area contributed by atoms with Gasteiger partial charge in [-0.3, -0.25) is 13.8 Å². The van der Waals surface area contributed by atoms with Gasteiger partial charge in [-0.2, -0.15) is 0 Å². The molecule has 0 aliphatic rings. The SMILES string of the molecule is CCCCCCCC/C=C\CCCCCCCCCC(=O)NC(COP(=O)(O)OCC[N+](C)(C)C)C(O)/C=C/CC/C=C/CC/C=C/CCCCCCCCCC. The van der Waals surface area contributed by atoms with E-state index in [1.807, 2.05) is 27.2 Å². The predicted molar refractivity (Wildman–Crippen MR) is 244 cm³/mol. The number of aliphatic hydroxyl groups is 1. The lowest BCUT2D eigenvalue weighted by Gasteiger charge is -2.25. The van der Waals surface area contributed by atoms with E-state index in [0.717, 1.165) is 44.9 Å². The van der Waals surface area contributed by atoms with Crippen molar-refractivity contribution < 1.29 is 32.9 Å². The number of nitrogens with one attached hydrogen (secondary N) is 1. The van der Waals surface area contributed by atoms with Crippen LogP contribution in [-0.4, -0.2) is 73.4 Å². The number of quaternary nitrogens is 1. The van der Waals surface area contributed by atoms with Crippen LogP contribution in [0.4, 0.5) is 0 Å². The van der Waals surface area contributed by atoms with Gasteiger partial charge in [0.05, 0.1) is 39.9 Å². The molecule has 3 atom stereocenters. The molecule has 0 radical (unpaired) electrons. The van der Waals surface area contributed by atoms with Gasteiger partial charge in [0.1, 0.15) is 13.2 Å². The molecule has 0 aromatic rings. The van der Waals surface area contributed by atoms with Crippen molar-refractivity contribution in [1.29, 1.82) is 0 Å². The fourth-order valence-electron chi connectivity index (χ4n) is 6.48. The predicted octanol–water partition coefficient (Wildman–Crippen LogP) is 13.2. The molecule has 57 heavy (non-hydrogen) atoms. The minimum Gasteiger partial charge on any atom is -0.387 e. The van der Waals surface area contributed by atoms with E-state index >= 15 is 0 Å². The Morgan fingerprint density at radius 1 is 0.579 bits per heavy atom. The first-order chi connectivity index (χ1) is 27.5. The van der Waals surface area contributed by atoms with Gasteiger partial charge in [-0.05, 0) is 70.6 Å². The number of likely N-dealkylation sites (N-methyl/N-ethyl adjacent to an activating group) is 1. The highest BCUT2D eigenvalue weighted by molar-refractivity contribution is 7.47. The third kappa shape index (κ3) is 42.4. The number of hydrogen-bond donors (Lipinski definition) is 3. The van der Waals surface area contributed by atoms with E-state index in [4.69, 9.17) is 9.05 Å². The van der Waals surface area contributed by atoms with Crippen molar-refractivity contribution in [2.45, 2.75) is 212 Å². The normalized spacial score (nSPS) is 14.7. The maximum absolute atomic E-state index is 12.9. The third-order valence-electron chi connectivity index (χ3n) is 10.2. The molecule has 0 saturated carbocycles. The van der Waals surface area contributed by atoms with Gasteiger partial charge in [0.15, 0.2) is 0 Å². The lowest BCUT2D eigenvalue weighted by molar-refractivity contribution is -0.870.